The van der Waals surface area contributed by atoms with Crippen LogP contribution in [-0.2, 0) is 0 Å². The van der Waals surface area contributed by atoms with Crippen LogP contribution in [0, 0.1) is 6.92 Å². The van der Waals surface area contributed by atoms with Crippen LogP contribution in [0.5, 0.6) is 0 Å². The Bertz CT molecular complexity index is 1070. The van der Waals surface area contributed by atoms with Gasteiger partial charge >= 0.3 is 0 Å². The van der Waals surface area contributed by atoms with Crippen molar-refractivity contribution in [1.29, 1.82) is 0 Å². The molecule has 0 aliphatic carbocycles. The van der Waals surface area contributed by atoms with Crippen LogP contribution in [0.1, 0.15) is 15.9 Å². The van der Waals surface area contributed by atoms with Gasteiger partial charge in [-0.25, -0.2) is 14.6 Å². The fourth-order valence-corrected chi connectivity index (χ4v) is 2.67. The molecule has 128 valence electrons. The third kappa shape index (κ3) is 2.98. The van der Waals surface area contributed by atoms with Gasteiger partial charge in [0, 0.05) is 5.56 Å². The summed E-state index contributed by atoms with van der Waals surface area (Å²) in [4.78, 5) is 20.7. The van der Waals surface area contributed by atoms with Gasteiger partial charge < -0.3 is 0 Å². The number of hydrogen-bond acceptors (Lipinski definition) is 5. The van der Waals surface area contributed by atoms with E-state index in [-0.39, 0.29) is 5.91 Å². The van der Waals surface area contributed by atoms with Crippen molar-refractivity contribution in [2.75, 3.05) is 5.43 Å². The van der Waals surface area contributed by atoms with Crippen molar-refractivity contribution < 1.29 is 4.79 Å². The van der Waals surface area contributed by atoms with Crippen LogP contribution in [0.3, 0.4) is 0 Å². The summed E-state index contributed by atoms with van der Waals surface area (Å²) in [6.45, 7) is 2.02. The second-order valence-electron chi connectivity index (χ2n) is 5.80. The van der Waals surface area contributed by atoms with Crippen LogP contribution in [0.4, 0.5) is 5.82 Å². The second kappa shape index (κ2) is 6.64. The van der Waals surface area contributed by atoms with E-state index in [1.807, 2.05) is 49.4 Å². The topological polar surface area (TPSA) is 84.7 Å². The highest BCUT2D eigenvalue weighted by atomic mass is 16.2. The standard InChI is InChI=1S/C19H16N6O/c1-13-6-5-9-15(10-13)25-18-16(11-22-25)17(20-12-21-18)23-24-19(26)14-7-3-2-4-8-14/h2-12H,1H3,(H,24,26)(H,20,21,23). The van der Waals surface area contributed by atoms with E-state index in [4.69, 9.17) is 0 Å². The van der Waals surface area contributed by atoms with Crippen molar-refractivity contribution in [3.63, 3.8) is 0 Å². The zero-order valence-corrected chi connectivity index (χ0v) is 14.0. The number of carbonyl (C=O) groups is 1. The lowest BCUT2D eigenvalue weighted by Crippen LogP contribution is -2.29. The first-order chi connectivity index (χ1) is 12.7. The van der Waals surface area contributed by atoms with Gasteiger partial charge in [0.2, 0.25) is 0 Å². The zero-order valence-electron chi connectivity index (χ0n) is 14.0. The van der Waals surface area contributed by atoms with Crippen LogP contribution in [0.2, 0.25) is 0 Å². The summed E-state index contributed by atoms with van der Waals surface area (Å²) >= 11 is 0. The summed E-state index contributed by atoms with van der Waals surface area (Å²) in [6.07, 6.45) is 3.11. The fraction of sp³-hybridized carbons (Fsp3) is 0.0526. The Morgan fingerprint density at radius 3 is 2.69 bits per heavy atom. The molecule has 2 N–H and O–H groups in total. The van der Waals surface area contributed by atoms with E-state index >= 15 is 0 Å². The number of carbonyl (C=O) groups excluding carboxylic acids is 1. The minimum Gasteiger partial charge on any atom is -0.281 e. The molecule has 0 spiro atoms. The molecule has 0 fully saturated rings. The molecule has 7 nitrogen and oxygen atoms in total. The first-order valence-electron chi connectivity index (χ1n) is 8.09. The van der Waals surface area contributed by atoms with Crippen molar-refractivity contribution in [2.45, 2.75) is 6.92 Å². The quantitative estimate of drug-likeness (QED) is 0.556. The van der Waals surface area contributed by atoms with E-state index in [1.165, 1.54) is 6.33 Å². The van der Waals surface area contributed by atoms with Crippen LogP contribution >= 0.6 is 0 Å². The van der Waals surface area contributed by atoms with Gasteiger partial charge in [0.05, 0.1) is 17.3 Å². The SMILES string of the molecule is Cc1cccc(-n2ncc3c(NNC(=O)c4ccccc4)ncnc32)c1. The highest BCUT2D eigenvalue weighted by Crippen LogP contribution is 2.21. The molecule has 2 aromatic carbocycles. The number of benzene rings is 2. The smallest absolute Gasteiger partial charge is 0.269 e. The summed E-state index contributed by atoms with van der Waals surface area (Å²) < 4.78 is 1.74. The third-order valence-corrected chi connectivity index (χ3v) is 3.94. The number of nitrogens with zero attached hydrogens (tertiary/aromatic N) is 4. The molecule has 0 aliphatic rings. The van der Waals surface area contributed by atoms with Gasteiger partial charge in [-0.05, 0) is 36.8 Å². The van der Waals surface area contributed by atoms with Crippen molar-refractivity contribution >= 4 is 22.8 Å². The Kier molecular flexibility index (Phi) is 4.03. The minimum absolute atomic E-state index is 0.247. The number of anilines is 1. The molecule has 0 radical (unpaired) electrons. The summed E-state index contributed by atoms with van der Waals surface area (Å²) in [7, 11) is 0. The van der Waals surface area contributed by atoms with Crippen molar-refractivity contribution in [3.05, 3.63) is 78.2 Å². The summed E-state index contributed by atoms with van der Waals surface area (Å²) in [5.41, 5.74) is 8.77. The molecule has 0 bridgehead atoms. The van der Waals surface area contributed by atoms with E-state index in [0.29, 0.717) is 22.4 Å². The number of hydrazine groups is 1. The van der Waals surface area contributed by atoms with Crippen LogP contribution in [-0.4, -0.2) is 25.7 Å². The fourth-order valence-electron chi connectivity index (χ4n) is 2.67. The lowest BCUT2D eigenvalue weighted by Gasteiger charge is -2.08. The minimum atomic E-state index is -0.247. The highest BCUT2D eigenvalue weighted by molar-refractivity contribution is 5.96. The molecule has 7 heteroatoms. The molecule has 0 saturated heterocycles. The van der Waals surface area contributed by atoms with Crippen molar-refractivity contribution in [1.82, 2.24) is 25.2 Å². The summed E-state index contributed by atoms with van der Waals surface area (Å²) in [5.74, 6) is 0.238. The molecular weight excluding hydrogens is 328 g/mol. The van der Waals surface area contributed by atoms with Crippen molar-refractivity contribution in [3.8, 4) is 5.69 Å². The second-order valence-corrected chi connectivity index (χ2v) is 5.80. The van der Waals surface area contributed by atoms with Gasteiger partial charge in [0.25, 0.3) is 5.91 Å². The molecule has 0 unspecified atom stereocenters. The van der Waals surface area contributed by atoms with E-state index in [1.54, 1.807) is 23.0 Å². The van der Waals surface area contributed by atoms with E-state index in [0.717, 1.165) is 11.3 Å². The van der Waals surface area contributed by atoms with Gasteiger partial charge in [0.15, 0.2) is 11.5 Å². The predicted octanol–water partition coefficient (Wildman–Crippen LogP) is 2.88. The monoisotopic (exact) mass is 344 g/mol. The molecule has 0 aliphatic heterocycles. The average Bonchev–Trinajstić information content (AvgIpc) is 3.11. The summed E-state index contributed by atoms with van der Waals surface area (Å²) in [5, 5.41) is 5.12. The average molecular weight is 344 g/mol. The number of nitrogens with one attached hydrogen (secondary N) is 2. The highest BCUT2D eigenvalue weighted by Gasteiger charge is 2.12. The van der Waals surface area contributed by atoms with Gasteiger partial charge in [-0.15, -0.1) is 0 Å². The molecule has 2 heterocycles. The molecular formula is C19H16N6O. The Morgan fingerprint density at radius 1 is 1.04 bits per heavy atom. The van der Waals surface area contributed by atoms with Gasteiger partial charge in [-0.3, -0.25) is 15.6 Å². The molecule has 2 aromatic heterocycles. The molecule has 0 saturated carbocycles. The number of aryl methyl sites for hydroxylation is 1. The van der Waals surface area contributed by atoms with Crippen LogP contribution < -0.4 is 10.9 Å². The number of amides is 1. The molecule has 1 amide bonds. The number of rotatable bonds is 4. The Hall–Kier alpha value is -3.74. The largest absolute Gasteiger partial charge is 0.281 e. The normalized spacial score (nSPS) is 10.7. The summed E-state index contributed by atoms with van der Waals surface area (Å²) in [6, 6.07) is 16.9. The number of hydrogen-bond donors (Lipinski definition) is 2. The Morgan fingerprint density at radius 2 is 1.88 bits per heavy atom. The number of aromatic nitrogens is 4. The number of fused-ring (bicyclic) bond motifs is 1. The van der Waals surface area contributed by atoms with Crippen molar-refractivity contribution in [2.24, 2.45) is 0 Å². The Balaban J connectivity index is 1.62. The van der Waals surface area contributed by atoms with Gasteiger partial charge in [0.1, 0.15) is 6.33 Å². The first kappa shape index (κ1) is 15.8. The van der Waals surface area contributed by atoms with Gasteiger partial charge in [-0.2, -0.15) is 5.10 Å². The van der Waals surface area contributed by atoms with Gasteiger partial charge in [-0.1, -0.05) is 30.3 Å². The molecule has 0 atom stereocenters. The van der Waals surface area contributed by atoms with E-state index in [9.17, 15) is 4.79 Å². The van der Waals surface area contributed by atoms with E-state index < -0.39 is 0 Å². The lowest BCUT2D eigenvalue weighted by molar-refractivity contribution is 0.0962. The maximum absolute atomic E-state index is 12.2. The van der Waals surface area contributed by atoms with Crippen LogP contribution in [0.15, 0.2) is 67.1 Å². The first-order valence-corrected chi connectivity index (χ1v) is 8.09. The Labute approximate surface area is 149 Å². The molecule has 4 aromatic rings. The molecule has 26 heavy (non-hydrogen) atoms. The maximum Gasteiger partial charge on any atom is 0.269 e. The lowest BCUT2D eigenvalue weighted by atomic mass is 10.2. The predicted molar refractivity (Wildman–Crippen MR) is 98.9 cm³/mol. The maximum atomic E-state index is 12.2. The van der Waals surface area contributed by atoms with E-state index in [2.05, 4.69) is 25.9 Å². The van der Waals surface area contributed by atoms with Crippen LogP contribution in [0.25, 0.3) is 16.7 Å². The third-order valence-electron chi connectivity index (χ3n) is 3.94. The zero-order chi connectivity index (χ0) is 17.9. The molecule has 4 rings (SSSR count).